The monoisotopic (exact) mass is 295 g/mol. The second kappa shape index (κ2) is 7.88. The molecule has 0 aliphatic heterocycles. The molecule has 21 heavy (non-hydrogen) atoms. The summed E-state index contributed by atoms with van der Waals surface area (Å²) in [5.41, 5.74) is 6.65. The average Bonchev–Trinajstić information content (AvgIpc) is 2.50. The van der Waals surface area contributed by atoms with Crippen molar-refractivity contribution in [2.45, 2.75) is 38.6 Å². The SMILES string of the molecule is CCC(CC(N)C(=O)O)C(C)c1c(OC)cccc1OC. The molecule has 0 bridgehead atoms. The quantitative estimate of drug-likeness (QED) is 0.770. The van der Waals surface area contributed by atoms with Crippen molar-refractivity contribution in [2.24, 2.45) is 11.7 Å². The van der Waals surface area contributed by atoms with Gasteiger partial charge in [0, 0.05) is 5.56 Å². The molecule has 1 rings (SSSR count). The molecule has 0 fully saturated rings. The molecule has 0 aromatic heterocycles. The molecule has 0 saturated heterocycles. The predicted molar refractivity (Wildman–Crippen MR) is 82.0 cm³/mol. The van der Waals surface area contributed by atoms with Crippen LogP contribution in [0.4, 0.5) is 0 Å². The summed E-state index contributed by atoms with van der Waals surface area (Å²) in [6, 6.07) is 4.80. The molecule has 3 atom stereocenters. The van der Waals surface area contributed by atoms with E-state index in [0.717, 1.165) is 23.5 Å². The normalized spacial score (nSPS) is 15.1. The molecule has 1 aromatic carbocycles. The number of rotatable bonds is 8. The molecule has 0 heterocycles. The Bertz CT molecular complexity index is 453. The van der Waals surface area contributed by atoms with Gasteiger partial charge in [0.05, 0.1) is 14.2 Å². The highest BCUT2D eigenvalue weighted by molar-refractivity contribution is 5.73. The summed E-state index contributed by atoms with van der Waals surface area (Å²) in [5.74, 6) is 0.772. The Morgan fingerprint density at radius 3 is 2.19 bits per heavy atom. The van der Waals surface area contributed by atoms with Gasteiger partial charge in [-0.2, -0.15) is 0 Å². The largest absolute Gasteiger partial charge is 0.496 e. The second-order valence-electron chi connectivity index (χ2n) is 5.21. The lowest BCUT2D eigenvalue weighted by Gasteiger charge is -2.27. The zero-order valence-electron chi connectivity index (χ0n) is 13.1. The van der Waals surface area contributed by atoms with Crippen molar-refractivity contribution in [3.63, 3.8) is 0 Å². The molecule has 118 valence electrons. The van der Waals surface area contributed by atoms with E-state index in [4.69, 9.17) is 20.3 Å². The van der Waals surface area contributed by atoms with Crippen LogP contribution in [0.1, 0.15) is 38.2 Å². The number of carboxylic acid groups (broad SMARTS) is 1. The van der Waals surface area contributed by atoms with Crippen molar-refractivity contribution >= 4 is 5.97 Å². The van der Waals surface area contributed by atoms with Crippen LogP contribution in [0.15, 0.2) is 18.2 Å². The Hall–Kier alpha value is -1.75. The van der Waals surface area contributed by atoms with Gasteiger partial charge in [-0.1, -0.05) is 26.3 Å². The molecular weight excluding hydrogens is 270 g/mol. The van der Waals surface area contributed by atoms with Crippen molar-refractivity contribution in [3.05, 3.63) is 23.8 Å². The Kier molecular flexibility index (Phi) is 6.49. The number of ether oxygens (including phenoxy) is 2. The Balaban J connectivity index is 3.09. The van der Waals surface area contributed by atoms with Gasteiger partial charge in [-0.25, -0.2) is 0 Å². The van der Waals surface area contributed by atoms with Gasteiger partial charge in [0.2, 0.25) is 0 Å². The maximum atomic E-state index is 11.0. The van der Waals surface area contributed by atoms with E-state index in [1.807, 2.05) is 25.1 Å². The summed E-state index contributed by atoms with van der Waals surface area (Å²) >= 11 is 0. The van der Waals surface area contributed by atoms with Gasteiger partial charge in [0.25, 0.3) is 0 Å². The zero-order valence-corrected chi connectivity index (χ0v) is 13.1. The van der Waals surface area contributed by atoms with Gasteiger partial charge in [-0.15, -0.1) is 0 Å². The van der Waals surface area contributed by atoms with Gasteiger partial charge in [0.15, 0.2) is 0 Å². The molecule has 0 saturated carbocycles. The fourth-order valence-electron chi connectivity index (χ4n) is 2.72. The zero-order chi connectivity index (χ0) is 16.0. The number of nitrogens with two attached hydrogens (primary N) is 1. The Morgan fingerprint density at radius 2 is 1.81 bits per heavy atom. The van der Waals surface area contributed by atoms with Gasteiger partial charge in [-0.3, -0.25) is 4.79 Å². The van der Waals surface area contributed by atoms with Crippen LogP contribution >= 0.6 is 0 Å². The van der Waals surface area contributed by atoms with Crippen LogP contribution in [-0.4, -0.2) is 31.3 Å². The molecule has 0 aliphatic carbocycles. The van der Waals surface area contributed by atoms with Gasteiger partial charge in [0.1, 0.15) is 17.5 Å². The number of hydrogen-bond donors (Lipinski definition) is 2. The van der Waals surface area contributed by atoms with Crippen LogP contribution in [0.3, 0.4) is 0 Å². The van der Waals surface area contributed by atoms with Crippen molar-refractivity contribution in [3.8, 4) is 11.5 Å². The third-order valence-electron chi connectivity index (χ3n) is 4.03. The van der Waals surface area contributed by atoms with Crippen molar-refractivity contribution in [1.82, 2.24) is 0 Å². The molecule has 5 nitrogen and oxygen atoms in total. The van der Waals surface area contributed by atoms with Crippen molar-refractivity contribution in [1.29, 1.82) is 0 Å². The molecule has 3 N–H and O–H groups in total. The first kappa shape index (κ1) is 17.3. The summed E-state index contributed by atoms with van der Waals surface area (Å²) in [4.78, 5) is 11.0. The number of methoxy groups -OCH3 is 2. The highest BCUT2D eigenvalue weighted by atomic mass is 16.5. The molecule has 3 unspecified atom stereocenters. The predicted octanol–water partition coefficient (Wildman–Crippen LogP) is 2.64. The van der Waals surface area contributed by atoms with E-state index in [-0.39, 0.29) is 11.8 Å². The van der Waals surface area contributed by atoms with Gasteiger partial charge < -0.3 is 20.3 Å². The van der Waals surface area contributed by atoms with Crippen molar-refractivity contribution < 1.29 is 19.4 Å². The number of aliphatic carboxylic acids is 1. The highest BCUT2D eigenvalue weighted by Gasteiger charge is 2.27. The van der Waals surface area contributed by atoms with E-state index >= 15 is 0 Å². The molecule has 0 spiro atoms. The minimum atomic E-state index is -0.965. The van der Waals surface area contributed by atoms with Crippen LogP contribution in [0, 0.1) is 5.92 Å². The molecule has 1 aromatic rings. The third kappa shape index (κ3) is 4.11. The fraction of sp³-hybridized carbons (Fsp3) is 0.562. The van der Waals surface area contributed by atoms with Crippen molar-refractivity contribution in [2.75, 3.05) is 14.2 Å². The standard InChI is InChI=1S/C16H25NO4/c1-5-11(9-12(17)16(18)19)10(2)15-13(20-3)7-6-8-14(15)21-4/h6-8,10-12H,5,9,17H2,1-4H3,(H,18,19). The van der Waals surface area contributed by atoms with E-state index in [1.54, 1.807) is 14.2 Å². The van der Waals surface area contributed by atoms with E-state index in [9.17, 15) is 4.79 Å². The summed E-state index contributed by atoms with van der Waals surface area (Å²) in [5, 5.41) is 9.01. The molecule has 0 radical (unpaired) electrons. The number of benzene rings is 1. The topological polar surface area (TPSA) is 81.8 Å². The minimum Gasteiger partial charge on any atom is -0.496 e. The van der Waals surface area contributed by atoms with Gasteiger partial charge >= 0.3 is 5.97 Å². The highest BCUT2D eigenvalue weighted by Crippen LogP contribution is 2.40. The summed E-state index contributed by atoms with van der Waals surface area (Å²) in [7, 11) is 3.24. The van der Waals surface area contributed by atoms with Crippen LogP contribution in [0.2, 0.25) is 0 Å². The van der Waals surface area contributed by atoms with Crippen LogP contribution in [0.5, 0.6) is 11.5 Å². The molecule has 0 amide bonds. The first-order valence-electron chi connectivity index (χ1n) is 7.15. The third-order valence-corrected chi connectivity index (χ3v) is 4.03. The van der Waals surface area contributed by atoms with E-state index in [2.05, 4.69) is 6.92 Å². The number of hydrogen-bond acceptors (Lipinski definition) is 4. The Morgan fingerprint density at radius 1 is 1.29 bits per heavy atom. The average molecular weight is 295 g/mol. The summed E-state index contributed by atoms with van der Waals surface area (Å²) in [6.07, 6.45) is 1.26. The number of carbonyl (C=O) groups is 1. The van der Waals surface area contributed by atoms with E-state index in [1.165, 1.54) is 0 Å². The lowest BCUT2D eigenvalue weighted by Crippen LogP contribution is -2.33. The fourth-order valence-corrected chi connectivity index (χ4v) is 2.72. The molecule has 5 heteroatoms. The molecular formula is C16H25NO4. The Labute approximate surface area is 126 Å². The van der Waals surface area contributed by atoms with Crippen LogP contribution < -0.4 is 15.2 Å². The first-order valence-corrected chi connectivity index (χ1v) is 7.15. The second-order valence-corrected chi connectivity index (χ2v) is 5.21. The maximum Gasteiger partial charge on any atom is 0.320 e. The molecule has 0 aliphatic rings. The minimum absolute atomic E-state index is 0.0894. The lowest BCUT2D eigenvalue weighted by atomic mass is 9.81. The number of carboxylic acids is 1. The smallest absolute Gasteiger partial charge is 0.320 e. The van der Waals surface area contributed by atoms with Crippen LogP contribution in [-0.2, 0) is 4.79 Å². The maximum absolute atomic E-state index is 11.0. The van der Waals surface area contributed by atoms with E-state index in [0.29, 0.717) is 6.42 Å². The van der Waals surface area contributed by atoms with Crippen LogP contribution in [0.25, 0.3) is 0 Å². The van der Waals surface area contributed by atoms with E-state index < -0.39 is 12.0 Å². The van der Waals surface area contributed by atoms with Gasteiger partial charge in [-0.05, 0) is 30.4 Å². The summed E-state index contributed by atoms with van der Waals surface area (Å²) < 4.78 is 10.9. The first-order chi connectivity index (χ1) is 9.96. The summed E-state index contributed by atoms with van der Waals surface area (Å²) in [6.45, 7) is 4.10. The lowest BCUT2D eigenvalue weighted by molar-refractivity contribution is -0.139.